The van der Waals surface area contributed by atoms with Crippen molar-refractivity contribution in [2.75, 3.05) is 6.54 Å². The first-order chi connectivity index (χ1) is 9.58. The van der Waals surface area contributed by atoms with Gasteiger partial charge in [-0.1, -0.05) is 35.9 Å². The molecule has 0 heterocycles. The molecular weight excluding hydrogens is 274 g/mol. The highest BCUT2D eigenvalue weighted by atomic mass is 35.5. The number of phenolic OH excluding ortho intramolecular Hbond substituents is 1. The molecule has 2 rings (SSSR count). The first-order valence-electron chi connectivity index (χ1n) is 6.39. The van der Waals surface area contributed by atoms with Crippen molar-refractivity contribution in [3.8, 4) is 16.9 Å². The second-order valence-electron chi connectivity index (χ2n) is 4.55. The van der Waals surface area contributed by atoms with E-state index in [2.05, 4.69) is 5.32 Å². The van der Waals surface area contributed by atoms with Gasteiger partial charge in [-0.05, 0) is 35.7 Å². The number of hydrogen-bond acceptors (Lipinski definition) is 2. The Kier molecular flexibility index (Phi) is 4.64. The molecule has 0 aliphatic heterocycles. The summed E-state index contributed by atoms with van der Waals surface area (Å²) in [5.41, 5.74) is 2.80. The summed E-state index contributed by atoms with van der Waals surface area (Å²) < 4.78 is 0. The van der Waals surface area contributed by atoms with Crippen LogP contribution in [-0.4, -0.2) is 17.6 Å². The van der Waals surface area contributed by atoms with Crippen LogP contribution in [0.5, 0.6) is 5.75 Å². The number of carbonyl (C=O) groups excluding carboxylic acids is 1. The minimum absolute atomic E-state index is 0.0527. The second kappa shape index (κ2) is 6.44. The van der Waals surface area contributed by atoms with Crippen LogP contribution in [0.2, 0.25) is 5.02 Å². The van der Waals surface area contributed by atoms with Gasteiger partial charge in [0.2, 0.25) is 5.91 Å². The van der Waals surface area contributed by atoms with Crippen molar-refractivity contribution >= 4 is 17.5 Å². The molecule has 0 bridgehead atoms. The summed E-state index contributed by atoms with van der Waals surface area (Å²) in [4.78, 5) is 10.9. The van der Waals surface area contributed by atoms with Crippen LogP contribution in [0.15, 0.2) is 42.5 Å². The lowest BCUT2D eigenvalue weighted by atomic mass is 9.97. The van der Waals surface area contributed by atoms with E-state index in [1.807, 2.05) is 30.3 Å². The molecule has 1 amide bonds. The summed E-state index contributed by atoms with van der Waals surface area (Å²) in [5, 5.41) is 13.1. The molecule has 0 aromatic heterocycles. The molecule has 0 aliphatic carbocycles. The van der Waals surface area contributed by atoms with Crippen molar-refractivity contribution in [1.29, 1.82) is 0 Å². The fourth-order valence-electron chi connectivity index (χ4n) is 2.09. The third-order valence-electron chi connectivity index (χ3n) is 3.03. The van der Waals surface area contributed by atoms with Crippen LogP contribution in [-0.2, 0) is 11.2 Å². The van der Waals surface area contributed by atoms with Crippen LogP contribution in [0.4, 0.5) is 0 Å². The molecule has 20 heavy (non-hydrogen) atoms. The predicted octanol–water partition coefficient (Wildman–Crippen LogP) is 3.39. The molecule has 3 nitrogen and oxygen atoms in total. The SMILES string of the molecule is CC(=O)NCCc1ccc(O)cc1-c1ccccc1Cl. The molecule has 0 saturated heterocycles. The number of aromatic hydroxyl groups is 1. The van der Waals surface area contributed by atoms with Crippen molar-refractivity contribution in [3.05, 3.63) is 53.1 Å². The Morgan fingerprint density at radius 2 is 1.95 bits per heavy atom. The minimum Gasteiger partial charge on any atom is -0.508 e. The molecule has 0 atom stereocenters. The Hall–Kier alpha value is -2.00. The maximum absolute atomic E-state index is 10.9. The van der Waals surface area contributed by atoms with Gasteiger partial charge in [0, 0.05) is 24.1 Å². The van der Waals surface area contributed by atoms with Gasteiger partial charge < -0.3 is 10.4 Å². The van der Waals surface area contributed by atoms with Gasteiger partial charge in [0.15, 0.2) is 0 Å². The van der Waals surface area contributed by atoms with Crippen molar-refractivity contribution in [3.63, 3.8) is 0 Å². The normalized spacial score (nSPS) is 10.3. The lowest BCUT2D eigenvalue weighted by Gasteiger charge is -2.12. The number of rotatable bonds is 4. The molecule has 0 radical (unpaired) electrons. The second-order valence-corrected chi connectivity index (χ2v) is 4.96. The first kappa shape index (κ1) is 14.4. The third-order valence-corrected chi connectivity index (χ3v) is 3.36. The van der Waals surface area contributed by atoms with Gasteiger partial charge in [-0.25, -0.2) is 0 Å². The monoisotopic (exact) mass is 289 g/mol. The van der Waals surface area contributed by atoms with Gasteiger partial charge in [-0.15, -0.1) is 0 Å². The molecule has 0 spiro atoms. The summed E-state index contributed by atoms with van der Waals surface area (Å²) in [7, 11) is 0. The van der Waals surface area contributed by atoms with Gasteiger partial charge in [-0.2, -0.15) is 0 Å². The first-order valence-corrected chi connectivity index (χ1v) is 6.77. The molecule has 0 aliphatic rings. The van der Waals surface area contributed by atoms with Gasteiger partial charge in [-0.3, -0.25) is 4.79 Å². The van der Waals surface area contributed by atoms with Gasteiger partial charge in [0.25, 0.3) is 0 Å². The van der Waals surface area contributed by atoms with Crippen LogP contribution in [0, 0.1) is 0 Å². The van der Waals surface area contributed by atoms with Crippen LogP contribution in [0.1, 0.15) is 12.5 Å². The zero-order chi connectivity index (χ0) is 14.5. The van der Waals surface area contributed by atoms with E-state index in [0.717, 1.165) is 16.7 Å². The summed E-state index contributed by atoms with van der Waals surface area (Å²) >= 11 is 6.22. The van der Waals surface area contributed by atoms with E-state index in [0.29, 0.717) is 18.0 Å². The topological polar surface area (TPSA) is 49.3 Å². The third kappa shape index (κ3) is 3.52. The van der Waals surface area contributed by atoms with Crippen LogP contribution >= 0.6 is 11.6 Å². The maximum atomic E-state index is 10.9. The molecule has 0 saturated carbocycles. The van der Waals surface area contributed by atoms with E-state index >= 15 is 0 Å². The minimum atomic E-state index is -0.0527. The Morgan fingerprint density at radius 3 is 2.65 bits per heavy atom. The molecular formula is C16H16ClNO2. The fraction of sp³-hybridized carbons (Fsp3) is 0.188. The molecule has 0 unspecified atom stereocenters. The van der Waals surface area contributed by atoms with E-state index in [-0.39, 0.29) is 11.7 Å². The molecule has 4 heteroatoms. The number of benzene rings is 2. The number of hydrogen-bond donors (Lipinski definition) is 2. The highest BCUT2D eigenvalue weighted by Crippen LogP contribution is 2.32. The van der Waals surface area contributed by atoms with Crippen LogP contribution in [0.25, 0.3) is 11.1 Å². The van der Waals surface area contributed by atoms with E-state index in [4.69, 9.17) is 11.6 Å². The van der Waals surface area contributed by atoms with Crippen LogP contribution in [0.3, 0.4) is 0 Å². The zero-order valence-electron chi connectivity index (χ0n) is 11.2. The fourth-order valence-corrected chi connectivity index (χ4v) is 2.32. The van der Waals surface area contributed by atoms with Gasteiger partial charge >= 0.3 is 0 Å². The number of carbonyl (C=O) groups is 1. The average Bonchev–Trinajstić information content (AvgIpc) is 2.41. The van der Waals surface area contributed by atoms with E-state index in [1.54, 1.807) is 12.1 Å². The molecule has 104 valence electrons. The molecule has 0 fully saturated rings. The number of phenols is 1. The highest BCUT2D eigenvalue weighted by Gasteiger charge is 2.09. The lowest BCUT2D eigenvalue weighted by Crippen LogP contribution is -2.22. The van der Waals surface area contributed by atoms with Gasteiger partial charge in [0.1, 0.15) is 5.75 Å². The standard InChI is InChI=1S/C16H16ClNO2/c1-11(19)18-9-8-12-6-7-13(20)10-15(12)14-4-2-3-5-16(14)17/h2-7,10,20H,8-9H2,1H3,(H,18,19). The lowest BCUT2D eigenvalue weighted by molar-refractivity contribution is -0.118. The predicted molar refractivity (Wildman–Crippen MR) is 80.9 cm³/mol. The maximum Gasteiger partial charge on any atom is 0.216 e. The summed E-state index contributed by atoms with van der Waals surface area (Å²) in [5.74, 6) is 0.145. The number of amides is 1. The zero-order valence-corrected chi connectivity index (χ0v) is 11.9. The number of halogens is 1. The van der Waals surface area contributed by atoms with Crippen molar-refractivity contribution < 1.29 is 9.90 Å². The van der Waals surface area contributed by atoms with E-state index in [9.17, 15) is 9.90 Å². The van der Waals surface area contributed by atoms with Gasteiger partial charge in [0.05, 0.1) is 0 Å². The Labute approximate surface area is 123 Å². The van der Waals surface area contributed by atoms with E-state index < -0.39 is 0 Å². The molecule has 2 aromatic carbocycles. The van der Waals surface area contributed by atoms with Crippen molar-refractivity contribution in [1.82, 2.24) is 5.32 Å². The molecule has 2 aromatic rings. The largest absolute Gasteiger partial charge is 0.508 e. The number of nitrogens with one attached hydrogen (secondary N) is 1. The quantitative estimate of drug-likeness (QED) is 0.906. The average molecular weight is 290 g/mol. The summed E-state index contributed by atoms with van der Waals surface area (Å²) in [6.45, 7) is 2.04. The highest BCUT2D eigenvalue weighted by molar-refractivity contribution is 6.33. The van der Waals surface area contributed by atoms with Crippen molar-refractivity contribution in [2.45, 2.75) is 13.3 Å². The van der Waals surface area contributed by atoms with Crippen molar-refractivity contribution in [2.24, 2.45) is 0 Å². The summed E-state index contributed by atoms with van der Waals surface area (Å²) in [6, 6.07) is 12.7. The molecule has 2 N–H and O–H groups in total. The Bertz CT molecular complexity index is 626. The smallest absolute Gasteiger partial charge is 0.216 e. The Morgan fingerprint density at radius 1 is 1.20 bits per heavy atom. The van der Waals surface area contributed by atoms with Crippen LogP contribution < -0.4 is 5.32 Å². The van der Waals surface area contributed by atoms with E-state index in [1.165, 1.54) is 6.92 Å². The Balaban J connectivity index is 2.33. The summed E-state index contributed by atoms with van der Waals surface area (Å²) in [6.07, 6.45) is 0.681.